The van der Waals surface area contributed by atoms with Crippen LogP contribution in [0, 0.1) is 5.92 Å². The number of hydrogen-bond acceptors (Lipinski definition) is 5. The molecule has 2 fully saturated rings. The highest BCUT2D eigenvalue weighted by atomic mass is 16.5. The third-order valence-electron chi connectivity index (χ3n) is 8.83. The van der Waals surface area contributed by atoms with Gasteiger partial charge in [-0.05, 0) is 59.9 Å². The zero-order valence-corrected chi connectivity index (χ0v) is 23.0. The fraction of sp³-hybridized carbons (Fsp3) is 0.364. The van der Waals surface area contributed by atoms with Crippen LogP contribution in [0.25, 0.3) is 11.1 Å². The van der Waals surface area contributed by atoms with Crippen LogP contribution in [0.5, 0.6) is 0 Å². The minimum atomic E-state index is -1.20. The number of fused-ring (bicyclic) bond motifs is 4. The van der Waals surface area contributed by atoms with Crippen molar-refractivity contribution in [3.63, 3.8) is 0 Å². The van der Waals surface area contributed by atoms with E-state index in [0.717, 1.165) is 40.7 Å². The zero-order chi connectivity index (χ0) is 28.6. The summed E-state index contributed by atoms with van der Waals surface area (Å²) in [6.45, 7) is 2.39. The van der Waals surface area contributed by atoms with Crippen LogP contribution in [0.15, 0.2) is 78.9 Å². The Hall–Kier alpha value is -4.17. The number of carbonyl (C=O) groups excluding carboxylic acids is 2. The Morgan fingerprint density at radius 2 is 1.61 bits per heavy atom. The first kappa shape index (κ1) is 27.0. The van der Waals surface area contributed by atoms with Gasteiger partial charge in [-0.3, -0.25) is 4.79 Å². The summed E-state index contributed by atoms with van der Waals surface area (Å²) >= 11 is 0. The number of nitrogens with zero attached hydrogens (tertiary/aromatic N) is 1. The zero-order valence-electron chi connectivity index (χ0n) is 23.0. The average Bonchev–Trinajstić information content (AvgIpc) is 3.68. The highest BCUT2D eigenvalue weighted by Gasteiger charge is 2.67. The molecule has 3 aromatic rings. The van der Waals surface area contributed by atoms with Crippen LogP contribution in [0.3, 0.4) is 0 Å². The smallest absolute Gasteiger partial charge is 0.407 e. The maximum Gasteiger partial charge on any atom is 0.407 e. The number of ether oxygens (including phenoxy) is 2. The molecular formula is C33H34N2O6. The SMILES string of the molecule is CC(OCc1ccccc1)C(NC(=O)OCC1c2ccccc2-c2ccccc21)C(=O)N1CCC[C@H]2C[C@]21C(=O)O. The lowest BCUT2D eigenvalue weighted by molar-refractivity contribution is -0.157. The van der Waals surface area contributed by atoms with Crippen LogP contribution >= 0.6 is 0 Å². The Morgan fingerprint density at radius 3 is 2.27 bits per heavy atom. The lowest BCUT2D eigenvalue weighted by Gasteiger charge is -2.37. The van der Waals surface area contributed by atoms with Gasteiger partial charge in [-0.2, -0.15) is 0 Å². The lowest BCUT2D eigenvalue weighted by atomic mass is 9.98. The van der Waals surface area contributed by atoms with Crippen molar-refractivity contribution in [2.45, 2.75) is 56.4 Å². The van der Waals surface area contributed by atoms with Gasteiger partial charge >= 0.3 is 12.1 Å². The molecule has 2 N–H and O–H groups in total. The number of amides is 2. The van der Waals surface area contributed by atoms with Crippen LogP contribution in [0.2, 0.25) is 0 Å². The molecule has 3 aromatic carbocycles. The minimum absolute atomic E-state index is 0.0617. The molecule has 3 aliphatic rings. The Kier molecular flexibility index (Phi) is 7.26. The molecular weight excluding hydrogens is 520 g/mol. The molecule has 1 aliphatic heterocycles. The molecule has 0 bridgehead atoms. The maximum absolute atomic E-state index is 13.9. The van der Waals surface area contributed by atoms with Crippen molar-refractivity contribution in [1.82, 2.24) is 10.2 Å². The number of benzene rings is 3. The van der Waals surface area contributed by atoms with Crippen molar-refractivity contribution in [1.29, 1.82) is 0 Å². The van der Waals surface area contributed by atoms with Crippen molar-refractivity contribution < 1.29 is 29.0 Å². The summed E-state index contributed by atoms with van der Waals surface area (Å²) in [5, 5.41) is 12.8. The van der Waals surface area contributed by atoms with E-state index in [1.54, 1.807) is 6.92 Å². The minimum Gasteiger partial charge on any atom is -0.479 e. The first-order chi connectivity index (χ1) is 19.9. The molecule has 6 rings (SSSR count). The first-order valence-electron chi connectivity index (χ1n) is 14.2. The Bertz CT molecular complexity index is 1410. The monoisotopic (exact) mass is 554 g/mol. The quantitative estimate of drug-likeness (QED) is 0.387. The van der Waals surface area contributed by atoms with Crippen molar-refractivity contribution >= 4 is 18.0 Å². The molecule has 4 atom stereocenters. The van der Waals surface area contributed by atoms with E-state index in [1.807, 2.05) is 66.7 Å². The maximum atomic E-state index is 13.9. The highest BCUT2D eigenvalue weighted by molar-refractivity contribution is 5.94. The van der Waals surface area contributed by atoms with E-state index >= 15 is 0 Å². The number of carboxylic acid groups (broad SMARTS) is 1. The second-order valence-electron chi connectivity index (χ2n) is 11.2. The molecule has 0 radical (unpaired) electrons. The molecule has 1 saturated heterocycles. The lowest BCUT2D eigenvalue weighted by Crippen LogP contribution is -2.60. The topological polar surface area (TPSA) is 105 Å². The molecule has 1 saturated carbocycles. The number of carbonyl (C=O) groups is 3. The number of likely N-dealkylation sites (tertiary alicyclic amines) is 1. The number of hydrogen-bond donors (Lipinski definition) is 2. The number of nitrogens with one attached hydrogen (secondary N) is 1. The second-order valence-corrected chi connectivity index (χ2v) is 11.2. The van der Waals surface area contributed by atoms with Gasteiger partial charge in [0.05, 0.1) is 12.7 Å². The second kappa shape index (κ2) is 11.0. The van der Waals surface area contributed by atoms with Crippen molar-refractivity contribution in [3.8, 4) is 11.1 Å². The van der Waals surface area contributed by atoms with Crippen LogP contribution in [0.4, 0.5) is 4.79 Å². The Morgan fingerprint density at radius 1 is 0.976 bits per heavy atom. The molecule has 2 aliphatic carbocycles. The summed E-state index contributed by atoms with van der Waals surface area (Å²) in [6, 6.07) is 24.6. The van der Waals surface area contributed by atoms with E-state index < -0.39 is 35.7 Å². The molecule has 0 spiro atoms. The molecule has 41 heavy (non-hydrogen) atoms. The third-order valence-corrected chi connectivity index (χ3v) is 8.83. The average molecular weight is 555 g/mol. The summed E-state index contributed by atoms with van der Waals surface area (Å²) in [5.74, 6) is -1.64. The van der Waals surface area contributed by atoms with Gasteiger partial charge in [0, 0.05) is 12.5 Å². The molecule has 2 amide bonds. The van der Waals surface area contributed by atoms with Gasteiger partial charge < -0.3 is 24.8 Å². The van der Waals surface area contributed by atoms with E-state index in [0.29, 0.717) is 13.0 Å². The molecule has 8 heteroatoms. The van der Waals surface area contributed by atoms with Crippen molar-refractivity contribution in [3.05, 3.63) is 95.6 Å². The largest absolute Gasteiger partial charge is 0.479 e. The summed E-state index contributed by atoms with van der Waals surface area (Å²) < 4.78 is 11.8. The van der Waals surface area contributed by atoms with Gasteiger partial charge in [0.15, 0.2) is 0 Å². The summed E-state index contributed by atoms with van der Waals surface area (Å²) in [6.07, 6.45) is 0.468. The van der Waals surface area contributed by atoms with Crippen LogP contribution in [-0.4, -0.2) is 58.8 Å². The number of alkyl carbamates (subject to hydrolysis) is 1. The van der Waals surface area contributed by atoms with Crippen molar-refractivity contribution in [2.75, 3.05) is 13.2 Å². The van der Waals surface area contributed by atoms with E-state index in [-0.39, 0.29) is 25.0 Å². The highest BCUT2D eigenvalue weighted by Crippen LogP contribution is 2.54. The van der Waals surface area contributed by atoms with Crippen LogP contribution in [0.1, 0.15) is 48.8 Å². The normalized spacial score (nSPS) is 22.1. The van der Waals surface area contributed by atoms with Gasteiger partial charge in [0.1, 0.15) is 18.2 Å². The molecule has 212 valence electrons. The van der Waals surface area contributed by atoms with Gasteiger partial charge in [-0.1, -0.05) is 78.9 Å². The van der Waals surface area contributed by atoms with E-state index in [1.165, 1.54) is 4.90 Å². The summed E-state index contributed by atoms with van der Waals surface area (Å²) in [4.78, 5) is 40.9. The fourth-order valence-corrected chi connectivity index (χ4v) is 6.58. The predicted molar refractivity (Wildman–Crippen MR) is 152 cm³/mol. The fourth-order valence-electron chi connectivity index (χ4n) is 6.58. The van der Waals surface area contributed by atoms with E-state index in [9.17, 15) is 19.5 Å². The van der Waals surface area contributed by atoms with E-state index in [2.05, 4.69) is 17.4 Å². The van der Waals surface area contributed by atoms with E-state index in [4.69, 9.17) is 9.47 Å². The number of rotatable bonds is 9. The predicted octanol–water partition coefficient (Wildman–Crippen LogP) is 4.96. The molecule has 1 heterocycles. The first-order valence-corrected chi connectivity index (χ1v) is 14.2. The molecule has 8 nitrogen and oxygen atoms in total. The van der Waals surface area contributed by atoms with Gasteiger partial charge in [0.2, 0.25) is 5.91 Å². The Labute approximate surface area is 239 Å². The molecule has 0 aromatic heterocycles. The van der Waals surface area contributed by atoms with Crippen LogP contribution in [-0.2, 0) is 25.7 Å². The third kappa shape index (κ3) is 4.97. The van der Waals surface area contributed by atoms with Gasteiger partial charge in [-0.15, -0.1) is 0 Å². The van der Waals surface area contributed by atoms with Crippen molar-refractivity contribution in [2.24, 2.45) is 5.92 Å². The van der Waals surface area contributed by atoms with Gasteiger partial charge in [0.25, 0.3) is 0 Å². The number of aliphatic carboxylic acids is 1. The summed E-state index contributed by atoms with van der Waals surface area (Å²) in [7, 11) is 0. The number of carboxylic acids is 1. The summed E-state index contributed by atoms with van der Waals surface area (Å²) in [5.41, 5.74) is 4.15. The van der Waals surface area contributed by atoms with Crippen LogP contribution < -0.4 is 5.32 Å². The standard InChI is InChI=1S/C33H34N2O6/c1-21(40-19-22-10-3-2-4-11-22)29(30(36)35-17-9-12-23-18-33(23,35)31(37)38)34-32(39)41-20-28-26-15-7-5-13-24(26)25-14-6-8-16-27(25)28/h2-8,10-11,13-16,21,23,28-29H,9,12,17-20H2,1H3,(H,34,39)(H,37,38)/t21?,23-,29?,33+/m0/s1. The number of piperidine rings is 1. The van der Waals surface area contributed by atoms with Gasteiger partial charge in [-0.25, -0.2) is 9.59 Å². The molecule has 2 unspecified atom stereocenters. The Balaban J connectivity index is 1.19.